The molecule has 0 radical (unpaired) electrons. The summed E-state index contributed by atoms with van der Waals surface area (Å²) in [5.41, 5.74) is 1.33. The minimum atomic E-state index is 1.33. The molecule has 0 unspecified atom stereocenters. The highest BCUT2D eigenvalue weighted by molar-refractivity contribution is 7.17. The number of fused-ring (bicyclic) bond motifs is 1. The minimum Gasteiger partial charge on any atom is -0.143 e. The zero-order valence-electron chi connectivity index (χ0n) is 6.95. The Balaban J connectivity index is 2.70. The lowest BCUT2D eigenvalue weighted by molar-refractivity contribution is 1.77. The van der Waals surface area contributed by atoms with Crippen molar-refractivity contribution in [3.8, 4) is 0 Å². The second kappa shape index (κ2) is 3.11. The molecule has 0 aliphatic rings. The van der Waals surface area contributed by atoms with E-state index in [1.165, 1.54) is 15.6 Å². The molecule has 0 bridgehead atoms. The summed E-state index contributed by atoms with van der Waals surface area (Å²) in [4.78, 5) is 0. The molecule has 0 fully saturated rings. The van der Waals surface area contributed by atoms with Crippen LogP contribution in [0.25, 0.3) is 16.2 Å². The van der Waals surface area contributed by atoms with Crippen LogP contribution >= 0.6 is 11.3 Å². The molecule has 0 nitrogen and oxygen atoms in total. The normalized spacial score (nSPS) is 11.4. The summed E-state index contributed by atoms with van der Waals surface area (Å²) in [5, 5.41) is 3.56. The molecule has 1 heteroatoms. The topological polar surface area (TPSA) is 0 Å². The summed E-state index contributed by atoms with van der Waals surface area (Å²) in [6, 6.07) is 8.49. The van der Waals surface area contributed by atoms with E-state index in [2.05, 4.69) is 41.8 Å². The van der Waals surface area contributed by atoms with Crippen LogP contribution < -0.4 is 0 Å². The van der Waals surface area contributed by atoms with Gasteiger partial charge in [0.15, 0.2) is 0 Å². The molecular formula is C11H10S. The van der Waals surface area contributed by atoms with E-state index < -0.39 is 0 Å². The third-order valence-corrected chi connectivity index (χ3v) is 2.84. The predicted octanol–water partition coefficient (Wildman–Crippen LogP) is 3.93. The van der Waals surface area contributed by atoms with Crippen molar-refractivity contribution < 1.29 is 0 Å². The second-order valence-corrected chi connectivity index (χ2v) is 3.60. The Morgan fingerprint density at radius 2 is 2.08 bits per heavy atom. The summed E-state index contributed by atoms with van der Waals surface area (Å²) < 4.78 is 1.37. The van der Waals surface area contributed by atoms with Gasteiger partial charge in [0.2, 0.25) is 0 Å². The number of thiophene rings is 1. The molecule has 0 amide bonds. The van der Waals surface area contributed by atoms with Gasteiger partial charge in [-0.1, -0.05) is 30.4 Å². The van der Waals surface area contributed by atoms with Gasteiger partial charge in [0.25, 0.3) is 0 Å². The van der Waals surface area contributed by atoms with Crippen LogP contribution in [0.1, 0.15) is 12.5 Å². The van der Waals surface area contributed by atoms with E-state index in [1.54, 1.807) is 11.3 Å². The van der Waals surface area contributed by atoms with Gasteiger partial charge in [0, 0.05) is 4.70 Å². The van der Waals surface area contributed by atoms with Gasteiger partial charge >= 0.3 is 0 Å². The highest BCUT2D eigenvalue weighted by atomic mass is 32.1. The molecule has 0 aliphatic carbocycles. The van der Waals surface area contributed by atoms with Crippen LogP contribution in [-0.2, 0) is 0 Å². The van der Waals surface area contributed by atoms with Gasteiger partial charge in [-0.05, 0) is 29.3 Å². The van der Waals surface area contributed by atoms with Gasteiger partial charge in [-0.25, -0.2) is 0 Å². The van der Waals surface area contributed by atoms with Gasteiger partial charge in [-0.2, -0.15) is 0 Å². The van der Waals surface area contributed by atoms with E-state index in [0.717, 1.165) is 0 Å². The molecule has 0 saturated heterocycles. The fourth-order valence-electron chi connectivity index (χ4n) is 1.31. The second-order valence-electron chi connectivity index (χ2n) is 2.69. The van der Waals surface area contributed by atoms with E-state index in [9.17, 15) is 0 Å². The van der Waals surface area contributed by atoms with Gasteiger partial charge in [-0.15, -0.1) is 11.3 Å². The van der Waals surface area contributed by atoms with Gasteiger partial charge in [-0.3, -0.25) is 0 Å². The van der Waals surface area contributed by atoms with E-state index in [4.69, 9.17) is 0 Å². The first-order valence-corrected chi connectivity index (χ1v) is 4.88. The molecule has 1 aromatic carbocycles. The summed E-state index contributed by atoms with van der Waals surface area (Å²) in [7, 11) is 0. The van der Waals surface area contributed by atoms with Crippen molar-refractivity contribution in [3.05, 3.63) is 41.3 Å². The molecule has 2 rings (SSSR count). The first kappa shape index (κ1) is 7.56. The fourth-order valence-corrected chi connectivity index (χ4v) is 2.24. The Morgan fingerprint density at radius 1 is 1.25 bits per heavy atom. The van der Waals surface area contributed by atoms with Gasteiger partial charge in [0.1, 0.15) is 0 Å². The van der Waals surface area contributed by atoms with Crippen molar-refractivity contribution in [2.24, 2.45) is 0 Å². The van der Waals surface area contributed by atoms with E-state index in [0.29, 0.717) is 0 Å². The van der Waals surface area contributed by atoms with Crippen molar-refractivity contribution in [1.29, 1.82) is 0 Å². The Morgan fingerprint density at radius 3 is 2.92 bits per heavy atom. The van der Waals surface area contributed by atoms with E-state index in [1.807, 2.05) is 6.92 Å². The van der Waals surface area contributed by atoms with Crippen LogP contribution in [0.2, 0.25) is 0 Å². The largest absolute Gasteiger partial charge is 0.143 e. The number of hydrogen-bond acceptors (Lipinski definition) is 1. The van der Waals surface area contributed by atoms with Crippen LogP contribution in [0.4, 0.5) is 0 Å². The maximum absolute atomic E-state index is 2.20. The molecule has 12 heavy (non-hydrogen) atoms. The third kappa shape index (κ3) is 1.16. The molecule has 2 aromatic rings. The third-order valence-electron chi connectivity index (χ3n) is 1.86. The molecule has 1 aromatic heterocycles. The molecular weight excluding hydrogens is 164 g/mol. The molecule has 1 heterocycles. The average molecular weight is 174 g/mol. The molecule has 0 spiro atoms. The van der Waals surface area contributed by atoms with Crippen molar-refractivity contribution >= 4 is 27.5 Å². The summed E-state index contributed by atoms with van der Waals surface area (Å²) in [5.74, 6) is 0. The Kier molecular flexibility index (Phi) is 1.96. The molecule has 0 aliphatic heterocycles. The molecule has 60 valence electrons. The average Bonchev–Trinajstić information content (AvgIpc) is 2.50. The lowest BCUT2D eigenvalue weighted by Crippen LogP contribution is -1.65. The van der Waals surface area contributed by atoms with Crippen LogP contribution in [0, 0.1) is 0 Å². The molecule has 0 saturated carbocycles. The number of rotatable bonds is 1. The van der Waals surface area contributed by atoms with Crippen molar-refractivity contribution in [2.45, 2.75) is 6.92 Å². The lowest BCUT2D eigenvalue weighted by atomic mass is 10.2. The molecule has 0 N–H and O–H groups in total. The van der Waals surface area contributed by atoms with Crippen molar-refractivity contribution in [2.75, 3.05) is 0 Å². The van der Waals surface area contributed by atoms with Crippen LogP contribution in [0.15, 0.2) is 35.7 Å². The maximum Gasteiger partial charge on any atom is 0.0348 e. The number of benzene rings is 1. The minimum absolute atomic E-state index is 1.33. The van der Waals surface area contributed by atoms with Gasteiger partial charge < -0.3 is 0 Å². The number of hydrogen-bond donors (Lipinski definition) is 0. The fraction of sp³-hybridized carbons (Fsp3) is 0.0909. The van der Waals surface area contributed by atoms with E-state index >= 15 is 0 Å². The van der Waals surface area contributed by atoms with E-state index in [-0.39, 0.29) is 0 Å². The highest BCUT2D eigenvalue weighted by Gasteiger charge is 1.97. The standard InChI is InChI=1S/C11H10S/c1-2-5-9-8-12-11-7-4-3-6-10(9)11/h2-8H,1H3/b5-2-. The SMILES string of the molecule is C/C=C\c1csc2ccccc12. The van der Waals surface area contributed by atoms with Crippen LogP contribution in [0.5, 0.6) is 0 Å². The van der Waals surface area contributed by atoms with Crippen molar-refractivity contribution in [1.82, 2.24) is 0 Å². The van der Waals surface area contributed by atoms with Crippen LogP contribution in [0.3, 0.4) is 0 Å². The lowest BCUT2D eigenvalue weighted by Gasteiger charge is -1.89. The van der Waals surface area contributed by atoms with Crippen LogP contribution in [-0.4, -0.2) is 0 Å². The Labute approximate surface area is 76.2 Å². The highest BCUT2D eigenvalue weighted by Crippen LogP contribution is 2.26. The molecule has 0 atom stereocenters. The first-order chi connectivity index (χ1) is 5.92. The van der Waals surface area contributed by atoms with Crippen molar-refractivity contribution in [3.63, 3.8) is 0 Å². The zero-order chi connectivity index (χ0) is 8.39. The predicted molar refractivity (Wildman–Crippen MR) is 56.5 cm³/mol. The summed E-state index contributed by atoms with van der Waals surface area (Å²) >= 11 is 1.80. The Hall–Kier alpha value is -1.08. The first-order valence-electron chi connectivity index (χ1n) is 4.01. The zero-order valence-corrected chi connectivity index (χ0v) is 7.77. The monoisotopic (exact) mass is 174 g/mol. The Bertz CT molecular complexity index is 410. The quantitative estimate of drug-likeness (QED) is 0.614. The summed E-state index contributed by atoms with van der Waals surface area (Å²) in [6.45, 7) is 2.05. The summed E-state index contributed by atoms with van der Waals surface area (Å²) in [6.07, 6.45) is 4.23. The maximum atomic E-state index is 2.20. The van der Waals surface area contributed by atoms with Gasteiger partial charge in [0.05, 0.1) is 0 Å². The smallest absolute Gasteiger partial charge is 0.0348 e. The number of allylic oxidation sites excluding steroid dienone is 1.